The number of thiazole rings is 1. The summed E-state index contributed by atoms with van der Waals surface area (Å²) in [5, 5.41) is 0.721. The summed E-state index contributed by atoms with van der Waals surface area (Å²) in [5.74, 6) is -0.321. The number of ether oxygens (including phenoxy) is 1. The zero-order valence-corrected chi connectivity index (χ0v) is 19.2. The normalized spacial score (nSPS) is 14.4. The molecule has 0 N–H and O–H groups in total. The summed E-state index contributed by atoms with van der Waals surface area (Å²) in [6.45, 7) is 6.67. The highest BCUT2D eigenvalue weighted by Crippen LogP contribution is 2.30. The molecular formula is C23H27ClFN3O2S. The van der Waals surface area contributed by atoms with Gasteiger partial charge in [0.05, 0.1) is 29.9 Å². The average Bonchev–Trinajstić information content (AvgIpc) is 3.19. The molecule has 8 heteroatoms. The van der Waals surface area contributed by atoms with Crippen molar-refractivity contribution in [2.24, 2.45) is 0 Å². The van der Waals surface area contributed by atoms with Gasteiger partial charge in [0.25, 0.3) is 0 Å². The predicted molar refractivity (Wildman–Crippen MR) is 126 cm³/mol. The lowest BCUT2D eigenvalue weighted by Crippen LogP contribution is -2.43. The first-order chi connectivity index (χ1) is 14.6. The van der Waals surface area contributed by atoms with Gasteiger partial charge in [0.2, 0.25) is 5.91 Å². The van der Waals surface area contributed by atoms with Crippen LogP contribution in [-0.2, 0) is 22.4 Å². The molecule has 1 aliphatic heterocycles. The highest BCUT2D eigenvalue weighted by molar-refractivity contribution is 7.22. The Hall–Kier alpha value is -2.06. The Labute approximate surface area is 192 Å². The van der Waals surface area contributed by atoms with Crippen molar-refractivity contribution in [1.29, 1.82) is 0 Å². The number of anilines is 1. The molecule has 1 saturated heterocycles. The second-order valence-corrected chi connectivity index (χ2v) is 8.46. The third-order valence-corrected chi connectivity index (χ3v) is 6.44. The molecule has 0 saturated carbocycles. The molecule has 1 fully saturated rings. The number of nitrogens with zero attached hydrogens (tertiary/aromatic N) is 3. The fourth-order valence-corrected chi connectivity index (χ4v) is 4.63. The van der Waals surface area contributed by atoms with Gasteiger partial charge in [-0.15, -0.1) is 12.4 Å². The number of morpholine rings is 1. The number of halogens is 2. The molecule has 0 atom stereocenters. The van der Waals surface area contributed by atoms with E-state index in [0.29, 0.717) is 6.54 Å². The quantitative estimate of drug-likeness (QED) is 0.523. The van der Waals surface area contributed by atoms with Gasteiger partial charge >= 0.3 is 0 Å². The van der Waals surface area contributed by atoms with Gasteiger partial charge in [-0.25, -0.2) is 9.37 Å². The molecule has 166 valence electrons. The summed E-state index contributed by atoms with van der Waals surface area (Å²) in [6.07, 6.45) is 1.19. The van der Waals surface area contributed by atoms with Crippen LogP contribution >= 0.6 is 23.7 Å². The molecule has 0 unspecified atom stereocenters. The maximum atomic E-state index is 13.2. The van der Waals surface area contributed by atoms with Crippen LogP contribution in [0.5, 0.6) is 0 Å². The van der Waals surface area contributed by atoms with E-state index in [9.17, 15) is 9.18 Å². The maximum absolute atomic E-state index is 13.2. The van der Waals surface area contributed by atoms with Crippen molar-refractivity contribution >= 4 is 45.0 Å². The van der Waals surface area contributed by atoms with E-state index in [0.717, 1.165) is 60.2 Å². The summed E-state index contributed by atoms with van der Waals surface area (Å²) in [5.41, 5.74) is 2.97. The number of carbonyl (C=O) groups excluding carboxylic acids is 1. The smallest absolute Gasteiger partial charge is 0.233 e. The Morgan fingerprint density at radius 2 is 1.87 bits per heavy atom. The predicted octanol–water partition coefficient (Wildman–Crippen LogP) is 4.33. The lowest BCUT2D eigenvalue weighted by Gasteiger charge is -2.29. The minimum absolute atomic E-state index is 0. The second-order valence-electron chi connectivity index (χ2n) is 7.45. The van der Waals surface area contributed by atoms with Crippen LogP contribution in [0.2, 0.25) is 0 Å². The van der Waals surface area contributed by atoms with Gasteiger partial charge in [0.15, 0.2) is 5.13 Å². The molecule has 0 aliphatic carbocycles. The monoisotopic (exact) mass is 463 g/mol. The van der Waals surface area contributed by atoms with Crippen molar-refractivity contribution in [3.05, 3.63) is 59.4 Å². The molecule has 31 heavy (non-hydrogen) atoms. The number of aromatic nitrogens is 1. The number of hydrogen-bond acceptors (Lipinski definition) is 5. The van der Waals surface area contributed by atoms with E-state index in [1.165, 1.54) is 17.7 Å². The van der Waals surface area contributed by atoms with Crippen molar-refractivity contribution in [3.8, 4) is 0 Å². The van der Waals surface area contributed by atoms with E-state index in [2.05, 4.69) is 24.0 Å². The van der Waals surface area contributed by atoms with Gasteiger partial charge < -0.3 is 4.74 Å². The van der Waals surface area contributed by atoms with Gasteiger partial charge in [0, 0.05) is 26.2 Å². The van der Waals surface area contributed by atoms with Crippen molar-refractivity contribution < 1.29 is 13.9 Å². The van der Waals surface area contributed by atoms with E-state index in [1.807, 2.05) is 6.07 Å². The number of fused-ring (bicyclic) bond motifs is 1. The Morgan fingerprint density at radius 1 is 1.16 bits per heavy atom. The van der Waals surface area contributed by atoms with E-state index in [4.69, 9.17) is 9.72 Å². The molecule has 2 aromatic carbocycles. The van der Waals surface area contributed by atoms with Crippen LogP contribution in [0.3, 0.4) is 0 Å². The third kappa shape index (κ3) is 6.01. The molecule has 0 spiro atoms. The van der Waals surface area contributed by atoms with Gasteiger partial charge in [-0.1, -0.05) is 36.5 Å². The minimum atomic E-state index is -0.298. The number of benzene rings is 2. The van der Waals surface area contributed by atoms with Gasteiger partial charge in [-0.3, -0.25) is 14.6 Å². The Kier molecular flexibility index (Phi) is 8.37. The molecule has 1 amide bonds. The molecule has 1 aliphatic rings. The van der Waals surface area contributed by atoms with E-state index in [1.54, 1.807) is 28.4 Å². The van der Waals surface area contributed by atoms with Gasteiger partial charge in [0.1, 0.15) is 5.82 Å². The highest BCUT2D eigenvalue weighted by atomic mass is 35.5. The number of rotatable bonds is 7. The standard InChI is InChI=1S/C23H26FN3O2S.ClH/c1-2-17-5-8-20-21(15-17)30-23(25-20)27(10-9-26-11-13-29-14-12-26)22(28)16-18-3-6-19(24)7-4-18;/h3-8,15H,2,9-14,16H2,1H3;1H. The summed E-state index contributed by atoms with van der Waals surface area (Å²) in [6, 6.07) is 12.4. The third-order valence-electron chi connectivity index (χ3n) is 5.39. The largest absolute Gasteiger partial charge is 0.379 e. The highest BCUT2D eigenvalue weighted by Gasteiger charge is 2.22. The summed E-state index contributed by atoms with van der Waals surface area (Å²) >= 11 is 1.55. The first kappa shape index (κ1) is 23.6. The number of amides is 1. The van der Waals surface area contributed by atoms with Crippen LogP contribution < -0.4 is 4.90 Å². The van der Waals surface area contributed by atoms with Crippen LogP contribution in [0.4, 0.5) is 9.52 Å². The molecule has 2 heterocycles. The second kappa shape index (κ2) is 11.0. The van der Waals surface area contributed by atoms with E-state index < -0.39 is 0 Å². The summed E-state index contributed by atoms with van der Waals surface area (Å²) in [4.78, 5) is 22.1. The fraction of sp³-hybridized carbons (Fsp3) is 0.391. The van der Waals surface area contributed by atoms with Crippen molar-refractivity contribution in [1.82, 2.24) is 9.88 Å². The summed E-state index contributed by atoms with van der Waals surface area (Å²) in [7, 11) is 0. The van der Waals surface area contributed by atoms with Crippen LogP contribution in [0.15, 0.2) is 42.5 Å². The number of hydrogen-bond donors (Lipinski definition) is 0. The fourth-order valence-electron chi connectivity index (χ4n) is 3.56. The summed E-state index contributed by atoms with van der Waals surface area (Å²) < 4.78 is 19.8. The van der Waals surface area contributed by atoms with Crippen LogP contribution in [0.25, 0.3) is 10.2 Å². The van der Waals surface area contributed by atoms with E-state index >= 15 is 0 Å². The maximum Gasteiger partial charge on any atom is 0.233 e. The Bertz CT molecular complexity index is 1010. The first-order valence-corrected chi connectivity index (χ1v) is 11.2. The molecule has 0 radical (unpaired) electrons. The van der Waals surface area contributed by atoms with Crippen LogP contribution in [0.1, 0.15) is 18.1 Å². The van der Waals surface area contributed by atoms with Crippen LogP contribution in [0, 0.1) is 5.82 Å². The van der Waals surface area contributed by atoms with Gasteiger partial charge in [-0.05, 0) is 41.8 Å². The van der Waals surface area contributed by atoms with Crippen molar-refractivity contribution in [3.63, 3.8) is 0 Å². The zero-order valence-electron chi connectivity index (χ0n) is 17.6. The molecule has 1 aromatic heterocycles. The topological polar surface area (TPSA) is 45.7 Å². The van der Waals surface area contributed by atoms with Crippen LogP contribution in [-0.4, -0.2) is 55.2 Å². The molecule has 3 aromatic rings. The molecule has 4 rings (SSSR count). The van der Waals surface area contributed by atoms with Crippen molar-refractivity contribution in [2.45, 2.75) is 19.8 Å². The minimum Gasteiger partial charge on any atom is -0.379 e. The number of carbonyl (C=O) groups is 1. The Balaban J connectivity index is 0.00000272. The average molecular weight is 464 g/mol. The lowest BCUT2D eigenvalue weighted by atomic mass is 10.1. The lowest BCUT2D eigenvalue weighted by molar-refractivity contribution is -0.118. The molecule has 0 bridgehead atoms. The zero-order chi connectivity index (χ0) is 20.9. The van der Waals surface area contributed by atoms with E-state index in [-0.39, 0.29) is 30.6 Å². The molecular weight excluding hydrogens is 437 g/mol. The SMILES string of the molecule is CCc1ccc2nc(N(CCN3CCOCC3)C(=O)Cc3ccc(F)cc3)sc2c1.Cl. The van der Waals surface area contributed by atoms with Gasteiger partial charge in [-0.2, -0.15) is 0 Å². The molecule has 5 nitrogen and oxygen atoms in total. The Morgan fingerprint density at radius 3 is 2.58 bits per heavy atom. The first-order valence-electron chi connectivity index (χ1n) is 10.4. The number of aryl methyl sites for hydroxylation is 1. The van der Waals surface area contributed by atoms with Crippen molar-refractivity contribution in [2.75, 3.05) is 44.3 Å².